The van der Waals surface area contributed by atoms with Crippen molar-refractivity contribution in [2.75, 3.05) is 13.6 Å². The Bertz CT molecular complexity index is 284. The number of aromatic nitrogens is 1. The highest BCUT2D eigenvalue weighted by atomic mass is 15.1. The molecule has 0 amide bonds. The van der Waals surface area contributed by atoms with Crippen LogP contribution in [0.25, 0.3) is 0 Å². The first-order chi connectivity index (χ1) is 7.66. The molecule has 3 nitrogen and oxygen atoms in total. The summed E-state index contributed by atoms with van der Waals surface area (Å²) in [6, 6.07) is 4.45. The standard InChI is InChI=1S/C13H23N3/c1-4-5-9-16(3)13(11(2)14)12-7-6-8-15-10-12/h6-8,10-11,13H,4-5,9,14H2,1-3H3. The predicted molar refractivity (Wildman–Crippen MR) is 68.2 cm³/mol. The third-order valence-corrected chi connectivity index (χ3v) is 2.86. The van der Waals surface area contributed by atoms with Crippen molar-refractivity contribution in [2.24, 2.45) is 5.73 Å². The van der Waals surface area contributed by atoms with E-state index < -0.39 is 0 Å². The van der Waals surface area contributed by atoms with Crippen LogP contribution in [0, 0.1) is 0 Å². The molecule has 3 heteroatoms. The van der Waals surface area contributed by atoms with Gasteiger partial charge in [0.1, 0.15) is 0 Å². The normalized spacial score (nSPS) is 15.1. The van der Waals surface area contributed by atoms with E-state index in [4.69, 9.17) is 5.73 Å². The van der Waals surface area contributed by atoms with Crippen LogP contribution in [0.2, 0.25) is 0 Å². The lowest BCUT2D eigenvalue weighted by Crippen LogP contribution is -2.37. The molecular weight excluding hydrogens is 198 g/mol. The minimum Gasteiger partial charge on any atom is -0.326 e. The molecular formula is C13H23N3. The third-order valence-electron chi connectivity index (χ3n) is 2.86. The zero-order chi connectivity index (χ0) is 12.0. The van der Waals surface area contributed by atoms with Gasteiger partial charge in [0, 0.05) is 18.4 Å². The van der Waals surface area contributed by atoms with Gasteiger partial charge < -0.3 is 5.73 Å². The highest BCUT2D eigenvalue weighted by molar-refractivity contribution is 5.15. The summed E-state index contributed by atoms with van der Waals surface area (Å²) >= 11 is 0. The maximum atomic E-state index is 6.07. The number of likely N-dealkylation sites (N-methyl/N-ethyl adjacent to an activating group) is 1. The fourth-order valence-corrected chi connectivity index (χ4v) is 2.06. The highest BCUT2D eigenvalue weighted by Gasteiger charge is 2.20. The quantitative estimate of drug-likeness (QED) is 0.800. The molecule has 0 radical (unpaired) electrons. The second-order valence-corrected chi connectivity index (χ2v) is 4.42. The van der Waals surface area contributed by atoms with Gasteiger partial charge >= 0.3 is 0 Å². The summed E-state index contributed by atoms with van der Waals surface area (Å²) in [6.45, 7) is 5.34. The van der Waals surface area contributed by atoms with Gasteiger partial charge in [-0.1, -0.05) is 19.4 Å². The van der Waals surface area contributed by atoms with E-state index in [9.17, 15) is 0 Å². The number of unbranched alkanes of at least 4 members (excludes halogenated alkanes) is 1. The molecule has 2 unspecified atom stereocenters. The minimum atomic E-state index is 0.117. The largest absolute Gasteiger partial charge is 0.326 e. The van der Waals surface area contributed by atoms with Gasteiger partial charge in [-0.15, -0.1) is 0 Å². The van der Waals surface area contributed by atoms with Crippen LogP contribution in [-0.4, -0.2) is 29.5 Å². The summed E-state index contributed by atoms with van der Waals surface area (Å²) < 4.78 is 0. The molecule has 0 saturated carbocycles. The monoisotopic (exact) mass is 221 g/mol. The van der Waals surface area contributed by atoms with Crippen molar-refractivity contribution in [3.8, 4) is 0 Å². The van der Waals surface area contributed by atoms with Crippen molar-refractivity contribution in [1.29, 1.82) is 0 Å². The van der Waals surface area contributed by atoms with E-state index in [1.807, 2.05) is 12.3 Å². The molecule has 1 rings (SSSR count). The summed E-state index contributed by atoms with van der Waals surface area (Å²) in [4.78, 5) is 6.49. The summed E-state index contributed by atoms with van der Waals surface area (Å²) in [5.74, 6) is 0. The van der Waals surface area contributed by atoms with E-state index in [0.29, 0.717) is 0 Å². The van der Waals surface area contributed by atoms with Crippen LogP contribution < -0.4 is 5.73 Å². The fraction of sp³-hybridized carbons (Fsp3) is 0.615. The molecule has 0 aromatic carbocycles. The predicted octanol–water partition coefficient (Wildman–Crippen LogP) is 2.20. The molecule has 0 aliphatic rings. The van der Waals surface area contributed by atoms with Crippen molar-refractivity contribution in [3.63, 3.8) is 0 Å². The van der Waals surface area contributed by atoms with Crippen LogP contribution in [0.3, 0.4) is 0 Å². The van der Waals surface area contributed by atoms with Crippen LogP contribution in [0.5, 0.6) is 0 Å². The number of hydrogen-bond donors (Lipinski definition) is 1. The summed E-state index contributed by atoms with van der Waals surface area (Å²) in [7, 11) is 2.14. The maximum Gasteiger partial charge on any atom is 0.0508 e. The first kappa shape index (κ1) is 13.1. The van der Waals surface area contributed by atoms with Gasteiger partial charge in [-0.3, -0.25) is 9.88 Å². The van der Waals surface area contributed by atoms with Crippen LogP contribution in [-0.2, 0) is 0 Å². The molecule has 2 N–H and O–H groups in total. The Morgan fingerprint density at radius 2 is 2.25 bits per heavy atom. The first-order valence-corrected chi connectivity index (χ1v) is 6.02. The number of hydrogen-bond acceptors (Lipinski definition) is 3. The molecule has 2 atom stereocenters. The third kappa shape index (κ3) is 3.58. The summed E-state index contributed by atoms with van der Waals surface area (Å²) in [5, 5.41) is 0. The van der Waals surface area contributed by atoms with Gasteiger partial charge in [-0.2, -0.15) is 0 Å². The van der Waals surface area contributed by atoms with Crippen molar-refractivity contribution in [1.82, 2.24) is 9.88 Å². The Balaban J connectivity index is 2.75. The molecule has 0 fully saturated rings. The first-order valence-electron chi connectivity index (χ1n) is 6.02. The van der Waals surface area contributed by atoms with E-state index in [-0.39, 0.29) is 12.1 Å². The second kappa shape index (κ2) is 6.61. The molecule has 0 aliphatic heterocycles. The van der Waals surface area contributed by atoms with Crippen molar-refractivity contribution in [3.05, 3.63) is 30.1 Å². The topological polar surface area (TPSA) is 42.2 Å². The van der Waals surface area contributed by atoms with Crippen LogP contribution in [0.1, 0.15) is 38.3 Å². The lowest BCUT2D eigenvalue weighted by atomic mass is 10.0. The highest BCUT2D eigenvalue weighted by Crippen LogP contribution is 2.21. The van der Waals surface area contributed by atoms with Gasteiger partial charge in [-0.25, -0.2) is 0 Å². The lowest BCUT2D eigenvalue weighted by molar-refractivity contribution is 0.215. The molecule has 0 aliphatic carbocycles. The molecule has 1 heterocycles. The Hall–Kier alpha value is -0.930. The molecule has 0 saturated heterocycles. The van der Waals surface area contributed by atoms with E-state index in [2.05, 4.69) is 36.8 Å². The van der Waals surface area contributed by atoms with Crippen molar-refractivity contribution >= 4 is 0 Å². The minimum absolute atomic E-state index is 0.117. The van der Waals surface area contributed by atoms with Gasteiger partial charge in [0.15, 0.2) is 0 Å². The molecule has 0 spiro atoms. The Labute approximate surface area is 98.7 Å². The van der Waals surface area contributed by atoms with E-state index in [1.54, 1.807) is 6.20 Å². The number of pyridine rings is 1. The average molecular weight is 221 g/mol. The van der Waals surface area contributed by atoms with E-state index in [0.717, 1.165) is 6.54 Å². The zero-order valence-electron chi connectivity index (χ0n) is 10.6. The number of nitrogens with zero attached hydrogens (tertiary/aromatic N) is 2. The number of nitrogens with two attached hydrogens (primary N) is 1. The van der Waals surface area contributed by atoms with Gasteiger partial charge in [-0.05, 0) is 38.6 Å². The van der Waals surface area contributed by atoms with Gasteiger partial charge in [0.2, 0.25) is 0 Å². The van der Waals surface area contributed by atoms with E-state index in [1.165, 1.54) is 18.4 Å². The van der Waals surface area contributed by atoms with Crippen LogP contribution in [0.15, 0.2) is 24.5 Å². The summed E-state index contributed by atoms with van der Waals surface area (Å²) in [6.07, 6.45) is 6.13. The van der Waals surface area contributed by atoms with Crippen molar-refractivity contribution < 1.29 is 0 Å². The zero-order valence-corrected chi connectivity index (χ0v) is 10.6. The smallest absolute Gasteiger partial charge is 0.0508 e. The molecule has 1 aromatic rings. The Morgan fingerprint density at radius 1 is 1.50 bits per heavy atom. The molecule has 90 valence electrons. The SMILES string of the molecule is CCCCN(C)C(c1cccnc1)C(C)N. The van der Waals surface area contributed by atoms with Crippen LogP contribution >= 0.6 is 0 Å². The van der Waals surface area contributed by atoms with Crippen LogP contribution in [0.4, 0.5) is 0 Å². The molecule has 16 heavy (non-hydrogen) atoms. The lowest BCUT2D eigenvalue weighted by Gasteiger charge is -2.31. The Morgan fingerprint density at radius 3 is 2.75 bits per heavy atom. The average Bonchev–Trinajstić information content (AvgIpc) is 2.27. The maximum absolute atomic E-state index is 6.07. The number of rotatable bonds is 6. The molecule has 1 aromatic heterocycles. The van der Waals surface area contributed by atoms with Gasteiger partial charge in [0.25, 0.3) is 0 Å². The van der Waals surface area contributed by atoms with Gasteiger partial charge in [0.05, 0.1) is 6.04 Å². The second-order valence-electron chi connectivity index (χ2n) is 4.42. The van der Waals surface area contributed by atoms with Crippen molar-refractivity contribution in [2.45, 2.75) is 38.8 Å². The molecule has 0 bridgehead atoms. The van der Waals surface area contributed by atoms with E-state index >= 15 is 0 Å². The Kier molecular flexibility index (Phi) is 5.43. The summed E-state index contributed by atoms with van der Waals surface area (Å²) in [5.41, 5.74) is 7.28. The fourth-order valence-electron chi connectivity index (χ4n) is 2.06.